The van der Waals surface area contributed by atoms with Gasteiger partial charge in [0.1, 0.15) is 5.78 Å². The molecular weight excluding hydrogens is 338 g/mol. The zero-order valence-electron chi connectivity index (χ0n) is 15.8. The van der Waals surface area contributed by atoms with Crippen molar-refractivity contribution in [2.24, 2.45) is 11.8 Å². The molecule has 140 valence electrons. The highest BCUT2D eigenvalue weighted by Gasteiger charge is 2.26. The van der Waals surface area contributed by atoms with Crippen LogP contribution in [0, 0.1) is 11.8 Å². The van der Waals surface area contributed by atoms with Crippen LogP contribution in [0.2, 0.25) is 0 Å². The van der Waals surface area contributed by atoms with Gasteiger partial charge in [-0.05, 0) is 30.0 Å². The predicted molar refractivity (Wildman–Crippen MR) is 106 cm³/mol. The average molecular weight is 363 g/mol. The van der Waals surface area contributed by atoms with E-state index >= 15 is 0 Å². The van der Waals surface area contributed by atoms with E-state index in [1.54, 1.807) is 0 Å². The maximum Gasteiger partial charge on any atom is 0.309 e. The molecule has 0 saturated heterocycles. The molecule has 0 amide bonds. The number of H-pyrrole nitrogens is 1. The lowest BCUT2D eigenvalue weighted by Gasteiger charge is -2.17. The maximum atomic E-state index is 12.8. The SMILES string of the molecule is COC(=O)[C@@H](CC(=O)[C@@H](C)Cc1c[nH]c2ccccc12)Cc1ccccc1. The van der Waals surface area contributed by atoms with Crippen molar-refractivity contribution in [2.75, 3.05) is 7.11 Å². The van der Waals surface area contributed by atoms with Crippen LogP contribution in [0.3, 0.4) is 0 Å². The number of fused-ring (bicyclic) bond motifs is 1. The summed E-state index contributed by atoms with van der Waals surface area (Å²) in [5, 5.41) is 1.14. The minimum atomic E-state index is -0.449. The van der Waals surface area contributed by atoms with Crippen molar-refractivity contribution in [3.05, 3.63) is 71.9 Å². The Balaban J connectivity index is 1.68. The first-order valence-electron chi connectivity index (χ1n) is 9.28. The molecule has 0 aliphatic carbocycles. The minimum Gasteiger partial charge on any atom is -0.469 e. The zero-order valence-corrected chi connectivity index (χ0v) is 15.8. The van der Waals surface area contributed by atoms with E-state index < -0.39 is 5.92 Å². The van der Waals surface area contributed by atoms with Gasteiger partial charge in [-0.15, -0.1) is 0 Å². The van der Waals surface area contributed by atoms with Crippen molar-refractivity contribution in [1.29, 1.82) is 0 Å². The third-order valence-corrected chi connectivity index (χ3v) is 5.06. The van der Waals surface area contributed by atoms with Crippen LogP contribution in [-0.4, -0.2) is 23.8 Å². The molecule has 1 heterocycles. The number of methoxy groups -OCH3 is 1. The Morgan fingerprint density at radius 2 is 1.70 bits per heavy atom. The molecule has 0 unspecified atom stereocenters. The lowest BCUT2D eigenvalue weighted by atomic mass is 9.88. The second-order valence-electron chi connectivity index (χ2n) is 7.04. The second kappa shape index (κ2) is 8.67. The molecule has 2 aromatic carbocycles. The molecule has 4 nitrogen and oxygen atoms in total. The van der Waals surface area contributed by atoms with Crippen LogP contribution < -0.4 is 0 Å². The van der Waals surface area contributed by atoms with Crippen LogP contribution in [-0.2, 0) is 27.2 Å². The normalized spacial score (nSPS) is 13.3. The molecular formula is C23H25NO3. The summed E-state index contributed by atoms with van der Waals surface area (Å²) in [6, 6.07) is 17.8. The van der Waals surface area contributed by atoms with E-state index in [9.17, 15) is 9.59 Å². The molecule has 0 saturated carbocycles. The monoisotopic (exact) mass is 363 g/mol. The number of benzene rings is 2. The van der Waals surface area contributed by atoms with Gasteiger partial charge in [-0.25, -0.2) is 0 Å². The van der Waals surface area contributed by atoms with Gasteiger partial charge in [0.15, 0.2) is 0 Å². The summed E-state index contributed by atoms with van der Waals surface area (Å²) in [5.41, 5.74) is 3.23. The van der Waals surface area contributed by atoms with Crippen molar-refractivity contribution in [2.45, 2.75) is 26.2 Å². The number of para-hydroxylation sites is 1. The fourth-order valence-corrected chi connectivity index (χ4v) is 3.49. The highest BCUT2D eigenvalue weighted by atomic mass is 16.5. The Hall–Kier alpha value is -2.88. The number of aromatic amines is 1. The summed E-state index contributed by atoms with van der Waals surface area (Å²) in [6.45, 7) is 1.93. The summed E-state index contributed by atoms with van der Waals surface area (Å²) < 4.78 is 4.93. The van der Waals surface area contributed by atoms with E-state index in [0.29, 0.717) is 12.8 Å². The largest absolute Gasteiger partial charge is 0.469 e. The van der Waals surface area contributed by atoms with Gasteiger partial charge in [-0.3, -0.25) is 9.59 Å². The minimum absolute atomic E-state index is 0.0895. The molecule has 0 aliphatic rings. The smallest absolute Gasteiger partial charge is 0.309 e. The zero-order chi connectivity index (χ0) is 19.2. The number of ether oxygens (including phenoxy) is 1. The highest BCUT2D eigenvalue weighted by molar-refractivity contribution is 5.88. The number of ketones is 1. The van der Waals surface area contributed by atoms with Crippen LogP contribution in [0.25, 0.3) is 10.9 Å². The van der Waals surface area contributed by atoms with Gasteiger partial charge >= 0.3 is 5.97 Å². The number of rotatable bonds is 8. The Morgan fingerprint density at radius 1 is 1.00 bits per heavy atom. The molecule has 0 fully saturated rings. The molecule has 0 radical (unpaired) electrons. The molecule has 0 spiro atoms. The summed E-state index contributed by atoms with van der Waals surface area (Å²) in [4.78, 5) is 28.2. The molecule has 2 atom stereocenters. The number of esters is 1. The number of Topliss-reactive ketones (excluding diaryl/α,β-unsaturated/α-hetero) is 1. The van der Waals surface area contributed by atoms with Crippen LogP contribution in [0.5, 0.6) is 0 Å². The van der Waals surface area contributed by atoms with Gasteiger partial charge in [0.2, 0.25) is 0 Å². The van der Waals surface area contributed by atoms with Gasteiger partial charge in [0, 0.05) is 29.4 Å². The Morgan fingerprint density at radius 3 is 2.44 bits per heavy atom. The van der Waals surface area contributed by atoms with Gasteiger partial charge < -0.3 is 9.72 Å². The first kappa shape index (κ1) is 18.9. The Kier molecular flexibility index (Phi) is 6.07. The van der Waals surface area contributed by atoms with E-state index in [2.05, 4.69) is 11.1 Å². The molecule has 3 aromatic rings. The van der Waals surface area contributed by atoms with Gasteiger partial charge in [-0.1, -0.05) is 55.5 Å². The fraction of sp³-hybridized carbons (Fsp3) is 0.304. The lowest BCUT2D eigenvalue weighted by Crippen LogP contribution is -2.25. The molecule has 0 aliphatic heterocycles. The third-order valence-electron chi connectivity index (χ3n) is 5.06. The molecule has 4 heteroatoms. The van der Waals surface area contributed by atoms with E-state index in [4.69, 9.17) is 4.74 Å². The number of nitrogens with one attached hydrogen (secondary N) is 1. The third kappa shape index (κ3) is 4.64. The van der Waals surface area contributed by atoms with Crippen molar-refractivity contribution < 1.29 is 14.3 Å². The highest BCUT2D eigenvalue weighted by Crippen LogP contribution is 2.23. The van der Waals surface area contributed by atoms with Gasteiger partial charge in [0.25, 0.3) is 0 Å². The number of carbonyl (C=O) groups is 2. The summed E-state index contributed by atoms with van der Waals surface area (Å²) in [5.74, 6) is -0.847. The van der Waals surface area contributed by atoms with Gasteiger partial charge in [0.05, 0.1) is 13.0 Å². The van der Waals surface area contributed by atoms with E-state index in [-0.39, 0.29) is 24.1 Å². The van der Waals surface area contributed by atoms with Gasteiger partial charge in [-0.2, -0.15) is 0 Å². The number of aromatic nitrogens is 1. The van der Waals surface area contributed by atoms with Crippen LogP contribution in [0.15, 0.2) is 60.8 Å². The van der Waals surface area contributed by atoms with Crippen LogP contribution >= 0.6 is 0 Å². The maximum absolute atomic E-state index is 12.8. The van der Waals surface area contributed by atoms with E-state index in [1.807, 2.05) is 61.7 Å². The lowest BCUT2D eigenvalue weighted by molar-refractivity contribution is -0.147. The van der Waals surface area contributed by atoms with Crippen molar-refractivity contribution in [3.8, 4) is 0 Å². The Labute approximate surface area is 159 Å². The molecule has 27 heavy (non-hydrogen) atoms. The molecule has 1 N–H and O–H groups in total. The van der Waals surface area contributed by atoms with Crippen molar-refractivity contribution in [1.82, 2.24) is 4.98 Å². The molecule has 3 rings (SSSR count). The number of carbonyl (C=O) groups excluding carboxylic acids is 2. The Bertz CT molecular complexity index is 914. The van der Waals surface area contributed by atoms with Crippen LogP contribution in [0.1, 0.15) is 24.5 Å². The van der Waals surface area contributed by atoms with E-state index in [0.717, 1.165) is 22.0 Å². The summed E-state index contributed by atoms with van der Waals surface area (Å²) >= 11 is 0. The number of hydrogen-bond acceptors (Lipinski definition) is 3. The summed E-state index contributed by atoms with van der Waals surface area (Å²) in [6.07, 6.45) is 3.34. The second-order valence-corrected chi connectivity index (χ2v) is 7.04. The van der Waals surface area contributed by atoms with Crippen molar-refractivity contribution in [3.63, 3.8) is 0 Å². The standard InChI is InChI=1S/C23H25NO3/c1-16(12-19-15-24-21-11-7-6-10-20(19)21)22(25)14-18(23(26)27-2)13-17-8-4-3-5-9-17/h3-11,15-16,18,24H,12-14H2,1-2H3/t16-,18+/m0/s1. The first-order valence-corrected chi connectivity index (χ1v) is 9.28. The first-order chi connectivity index (χ1) is 13.1. The van der Waals surface area contributed by atoms with Crippen LogP contribution in [0.4, 0.5) is 0 Å². The van der Waals surface area contributed by atoms with Crippen molar-refractivity contribution >= 4 is 22.7 Å². The number of hydrogen-bond donors (Lipinski definition) is 1. The average Bonchev–Trinajstić information content (AvgIpc) is 3.10. The molecule has 0 bridgehead atoms. The quantitative estimate of drug-likeness (QED) is 0.606. The topological polar surface area (TPSA) is 59.2 Å². The molecule has 1 aromatic heterocycles. The van der Waals surface area contributed by atoms with E-state index in [1.165, 1.54) is 7.11 Å². The fourth-order valence-electron chi connectivity index (χ4n) is 3.49. The summed E-state index contributed by atoms with van der Waals surface area (Å²) in [7, 11) is 1.38. The predicted octanol–water partition coefficient (Wildman–Crippen LogP) is 4.34.